The Bertz CT molecular complexity index is 1230. The summed E-state index contributed by atoms with van der Waals surface area (Å²) in [6, 6.07) is 10.5. The van der Waals surface area contributed by atoms with E-state index in [4.69, 9.17) is 23.2 Å². The molecule has 1 amide bonds. The topological polar surface area (TPSA) is 78.7 Å². The highest BCUT2D eigenvalue weighted by atomic mass is 35.5. The van der Waals surface area contributed by atoms with Crippen LogP contribution in [0.4, 0.5) is 17.1 Å². The molecule has 1 N–H and O–H groups in total. The van der Waals surface area contributed by atoms with E-state index in [1.165, 1.54) is 38.5 Å². The highest BCUT2D eigenvalue weighted by Crippen LogP contribution is 2.61. The van der Waals surface area contributed by atoms with Crippen molar-refractivity contribution < 1.29 is 9.72 Å². The van der Waals surface area contributed by atoms with Gasteiger partial charge in [-0.25, -0.2) is 0 Å². The number of nitrogens with zero attached hydrogens (tertiary/aromatic N) is 3. The van der Waals surface area contributed by atoms with Crippen LogP contribution < -0.4 is 10.2 Å². The Balaban J connectivity index is 1.16. The van der Waals surface area contributed by atoms with Crippen LogP contribution in [0.5, 0.6) is 0 Å². The maximum Gasteiger partial charge on any atom is 0.292 e. The first-order valence-corrected chi connectivity index (χ1v) is 14.5. The molecule has 4 bridgehead atoms. The summed E-state index contributed by atoms with van der Waals surface area (Å²) in [7, 11) is 0. The van der Waals surface area contributed by atoms with Crippen molar-refractivity contribution >= 4 is 46.2 Å². The number of amides is 1. The Morgan fingerprint density at radius 1 is 0.974 bits per heavy atom. The van der Waals surface area contributed by atoms with Gasteiger partial charge in [-0.15, -0.1) is 0 Å². The molecular weight excluding hydrogens is 523 g/mol. The molecule has 38 heavy (non-hydrogen) atoms. The SMILES string of the molecule is CC(Nc1cc(N2CCN(C(=O)c3ccc(Cl)c(Cl)c3)CC2)ccc1[N+](=O)[O-])C12CC3CC(CC(C3)C1)C2. The van der Waals surface area contributed by atoms with E-state index in [0.717, 1.165) is 23.4 Å². The van der Waals surface area contributed by atoms with Gasteiger partial charge in [0.15, 0.2) is 0 Å². The summed E-state index contributed by atoms with van der Waals surface area (Å²) in [5.74, 6) is 2.41. The molecule has 0 spiro atoms. The van der Waals surface area contributed by atoms with Crippen molar-refractivity contribution in [2.45, 2.75) is 51.5 Å². The number of halogens is 2. The van der Waals surface area contributed by atoms with Gasteiger partial charge >= 0.3 is 0 Å². The largest absolute Gasteiger partial charge is 0.376 e. The Hall–Kier alpha value is -2.51. The van der Waals surface area contributed by atoms with Crippen LogP contribution in [-0.2, 0) is 0 Å². The molecule has 7 rings (SSSR count). The summed E-state index contributed by atoms with van der Waals surface area (Å²) < 4.78 is 0. The summed E-state index contributed by atoms with van der Waals surface area (Å²) in [5.41, 5.74) is 2.43. The number of carbonyl (C=O) groups excluding carboxylic acids is 1. The average Bonchev–Trinajstić information content (AvgIpc) is 2.89. The molecule has 1 aliphatic heterocycles. The number of nitro groups is 1. The quantitative estimate of drug-likeness (QED) is 0.310. The minimum absolute atomic E-state index is 0.0707. The van der Waals surface area contributed by atoms with Crippen LogP contribution in [0.3, 0.4) is 0 Å². The van der Waals surface area contributed by atoms with E-state index in [0.29, 0.717) is 47.5 Å². The zero-order valence-corrected chi connectivity index (χ0v) is 23.2. The third-order valence-electron chi connectivity index (χ3n) is 9.65. The van der Waals surface area contributed by atoms with Gasteiger partial charge in [-0.3, -0.25) is 14.9 Å². The molecule has 1 unspecified atom stereocenters. The number of anilines is 2. The lowest BCUT2D eigenvalue weighted by atomic mass is 9.48. The molecule has 5 aliphatic rings. The van der Waals surface area contributed by atoms with Crippen molar-refractivity contribution in [1.29, 1.82) is 0 Å². The van der Waals surface area contributed by atoms with Crippen LogP contribution in [0.2, 0.25) is 10.0 Å². The fourth-order valence-electron chi connectivity index (χ4n) is 8.07. The average molecular weight is 558 g/mol. The van der Waals surface area contributed by atoms with Crippen molar-refractivity contribution in [1.82, 2.24) is 4.90 Å². The minimum Gasteiger partial charge on any atom is -0.376 e. The molecule has 4 saturated carbocycles. The van der Waals surface area contributed by atoms with Gasteiger partial charge in [0.25, 0.3) is 11.6 Å². The van der Waals surface area contributed by atoms with Gasteiger partial charge in [0.1, 0.15) is 5.69 Å². The van der Waals surface area contributed by atoms with Gasteiger partial charge in [-0.05, 0) is 98.9 Å². The molecule has 7 nitrogen and oxygen atoms in total. The molecule has 2 aromatic rings. The zero-order chi connectivity index (χ0) is 26.6. The summed E-state index contributed by atoms with van der Waals surface area (Å²) in [5, 5.41) is 16.3. The summed E-state index contributed by atoms with van der Waals surface area (Å²) >= 11 is 12.1. The first-order chi connectivity index (χ1) is 18.2. The van der Waals surface area contributed by atoms with Gasteiger partial charge in [0.05, 0.1) is 15.0 Å². The van der Waals surface area contributed by atoms with Gasteiger partial charge in [-0.2, -0.15) is 0 Å². The van der Waals surface area contributed by atoms with Crippen LogP contribution in [0.15, 0.2) is 36.4 Å². The van der Waals surface area contributed by atoms with Crippen LogP contribution >= 0.6 is 23.2 Å². The lowest BCUT2D eigenvalue weighted by molar-refractivity contribution is -0.384. The first kappa shape index (κ1) is 25.8. The van der Waals surface area contributed by atoms with E-state index in [9.17, 15) is 14.9 Å². The van der Waals surface area contributed by atoms with Gasteiger partial charge in [-0.1, -0.05) is 23.2 Å². The van der Waals surface area contributed by atoms with Crippen LogP contribution in [-0.4, -0.2) is 48.0 Å². The van der Waals surface area contributed by atoms with Gasteiger partial charge < -0.3 is 15.1 Å². The van der Waals surface area contributed by atoms with Crippen molar-refractivity contribution in [3.63, 3.8) is 0 Å². The number of carbonyl (C=O) groups is 1. The maximum absolute atomic E-state index is 13.0. The van der Waals surface area contributed by atoms with Gasteiger partial charge in [0, 0.05) is 49.5 Å². The molecule has 1 heterocycles. The van der Waals surface area contributed by atoms with Crippen LogP contribution in [0, 0.1) is 33.3 Å². The van der Waals surface area contributed by atoms with E-state index in [1.54, 1.807) is 24.3 Å². The normalized spacial score (nSPS) is 28.9. The van der Waals surface area contributed by atoms with E-state index in [2.05, 4.69) is 17.1 Å². The fourth-order valence-corrected chi connectivity index (χ4v) is 8.37. The molecule has 5 fully saturated rings. The smallest absolute Gasteiger partial charge is 0.292 e. The number of benzene rings is 2. The van der Waals surface area contributed by atoms with Crippen LogP contribution in [0.25, 0.3) is 0 Å². The standard InChI is InChI=1S/C29H34Cl2N4O3/c1-18(29-15-19-10-20(16-29)12-21(11-19)17-29)32-26-14-23(3-5-27(26)35(37)38)33-6-8-34(9-7-33)28(36)22-2-4-24(30)25(31)13-22/h2-5,13-14,18-21,32H,6-12,15-17H2,1H3. The number of hydrogen-bond donors (Lipinski definition) is 1. The van der Waals surface area contributed by atoms with E-state index in [-0.39, 0.29) is 28.0 Å². The Morgan fingerprint density at radius 3 is 2.18 bits per heavy atom. The lowest BCUT2D eigenvalue weighted by Crippen LogP contribution is -2.53. The van der Waals surface area contributed by atoms with Crippen molar-refractivity contribution in [2.75, 3.05) is 36.4 Å². The summed E-state index contributed by atoms with van der Waals surface area (Å²) in [6.07, 6.45) is 7.86. The number of nitro benzene ring substituents is 1. The molecule has 2 aromatic carbocycles. The first-order valence-electron chi connectivity index (χ1n) is 13.7. The Labute approximate surface area is 233 Å². The third-order valence-corrected chi connectivity index (χ3v) is 10.4. The number of hydrogen-bond acceptors (Lipinski definition) is 5. The van der Waals surface area contributed by atoms with E-state index < -0.39 is 0 Å². The number of rotatable bonds is 6. The number of piperazine rings is 1. The fraction of sp³-hybridized carbons (Fsp3) is 0.552. The summed E-state index contributed by atoms with van der Waals surface area (Å²) in [4.78, 5) is 28.6. The summed E-state index contributed by atoms with van der Waals surface area (Å²) in [6.45, 7) is 4.64. The molecule has 202 valence electrons. The van der Waals surface area contributed by atoms with E-state index in [1.807, 2.05) is 17.0 Å². The molecule has 1 saturated heterocycles. The maximum atomic E-state index is 13.0. The monoisotopic (exact) mass is 556 g/mol. The minimum atomic E-state index is -0.285. The van der Waals surface area contributed by atoms with Crippen molar-refractivity contribution in [3.8, 4) is 0 Å². The molecule has 9 heteroatoms. The predicted octanol–water partition coefficient (Wildman–Crippen LogP) is 6.88. The second-order valence-electron chi connectivity index (χ2n) is 12.0. The predicted molar refractivity (Wildman–Crippen MR) is 151 cm³/mol. The van der Waals surface area contributed by atoms with Crippen molar-refractivity contribution in [3.05, 3.63) is 62.1 Å². The second kappa shape index (κ2) is 9.91. The molecular formula is C29H34Cl2N4O3. The highest BCUT2D eigenvalue weighted by molar-refractivity contribution is 6.42. The van der Waals surface area contributed by atoms with Gasteiger partial charge in [0.2, 0.25) is 0 Å². The number of nitrogens with one attached hydrogen (secondary N) is 1. The lowest BCUT2D eigenvalue weighted by Gasteiger charge is -2.59. The molecule has 0 aromatic heterocycles. The van der Waals surface area contributed by atoms with Crippen LogP contribution in [0.1, 0.15) is 55.8 Å². The highest BCUT2D eigenvalue weighted by Gasteiger charge is 2.53. The second-order valence-corrected chi connectivity index (χ2v) is 12.8. The molecule has 0 radical (unpaired) electrons. The molecule has 4 aliphatic carbocycles. The molecule has 1 atom stereocenters. The zero-order valence-electron chi connectivity index (χ0n) is 21.7. The Morgan fingerprint density at radius 2 is 1.61 bits per heavy atom. The third kappa shape index (κ3) is 4.73. The van der Waals surface area contributed by atoms with E-state index >= 15 is 0 Å². The Kier molecular flexibility index (Phi) is 6.71. The van der Waals surface area contributed by atoms with Crippen molar-refractivity contribution in [2.24, 2.45) is 23.2 Å².